The van der Waals surface area contributed by atoms with Crippen molar-refractivity contribution in [2.75, 3.05) is 16.8 Å². The Balaban J connectivity index is 1.56. The van der Waals surface area contributed by atoms with Crippen molar-refractivity contribution < 1.29 is 18.8 Å². The Kier molecular flexibility index (Phi) is 3.54. The minimum absolute atomic E-state index is 0.201. The summed E-state index contributed by atoms with van der Waals surface area (Å²) in [6, 6.07) is 10.2. The van der Waals surface area contributed by atoms with Crippen molar-refractivity contribution in [3.63, 3.8) is 0 Å². The fourth-order valence-electron chi connectivity index (χ4n) is 6.02. The van der Waals surface area contributed by atoms with Crippen LogP contribution in [-0.4, -0.2) is 35.2 Å². The average molecular weight is 426 g/mol. The maximum Gasteiger partial charge on any atom is 0.250 e. The first kappa shape index (κ1) is 18.0. The standard InChI is InChI=1S/C22H17ClFN3O3/c23-11-3-8-15-14(10-11)22(21(30)25-15)18-17(16-2-1-9-26(16)22)19(28)27(20(18)29)13-6-4-12(24)5-7-13/h3-8,10,16-18H,1-2,9H2,(H,25,30)/t16-,17+,18-,22+/m0/s1. The molecule has 6 rings (SSSR count). The molecule has 4 aliphatic rings. The summed E-state index contributed by atoms with van der Waals surface area (Å²) in [7, 11) is 0. The van der Waals surface area contributed by atoms with Crippen LogP contribution in [0.3, 0.4) is 0 Å². The zero-order valence-electron chi connectivity index (χ0n) is 15.8. The van der Waals surface area contributed by atoms with Crippen molar-refractivity contribution in [1.29, 1.82) is 0 Å². The second-order valence-corrected chi connectivity index (χ2v) is 8.74. The SMILES string of the molecule is O=C1[C@H]2[C@@H](C(=O)N1c1ccc(F)cc1)[C@]1(C(=O)Nc3ccc(Cl)cc31)N1CCC[C@@H]21. The normalized spacial score (nSPS) is 32.0. The van der Waals surface area contributed by atoms with E-state index in [4.69, 9.17) is 11.6 Å². The van der Waals surface area contributed by atoms with Crippen LogP contribution in [0.4, 0.5) is 15.8 Å². The summed E-state index contributed by atoms with van der Waals surface area (Å²) < 4.78 is 13.4. The highest BCUT2D eigenvalue weighted by Crippen LogP contribution is 2.60. The van der Waals surface area contributed by atoms with Crippen LogP contribution >= 0.6 is 11.6 Å². The van der Waals surface area contributed by atoms with Crippen LogP contribution in [0.25, 0.3) is 0 Å². The number of nitrogens with one attached hydrogen (secondary N) is 1. The van der Waals surface area contributed by atoms with Crippen LogP contribution in [-0.2, 0) is 19.9 Å². The second-order valence-electron chi connectivity index (χ2n) is 8.31. The molecule has 3 saturated heterocycles. The Morgan fingerprint density at radius 1 is 1.07 bits per heavy atom. The van der Waals surface area contributed by atoms with Crippen molar-refractivity contribution >= 4 is 40.7 Å². The molecule has 0 aromatic heterocycles. The van der Waals surface area contributed by atoms with Crippen molar-refractivity contribution in [1.82, 2.24) is 4.90 Å². The van der Waals surface area contributed by atoms with Gasteiger partial charge in [0.15, 0.2) is 0 Å². The van der Waals surface area contributed by atoms with E-state index in [1.54, 1.807) is 18.2 Å². The Bertz CT molecular complexity index is 1140. The lowest BCUT2D eigenvalue weighted by molar-refractivity contribution is -0.135. The monoisotopic (exact) mass is 425 g/mol. The summed E-state index contributed by atoms with van der Waals surface area (Å²) in [5, 5.41) is 3.38. The number of carbonyl (C=O) groups is 3. The Labute approximate surface area is 176 Å². The molecule has 3 fully saturated rings. The number of rotatable bonds is 1. The van der Waals surface area contributed by atoms with E-state index >= 15 is 0 Å². The first-order chi connectivity index (χ1) is 14.4. The molecule has 4 aliphatic heterocycles. The van der Waals surface area contributed by atoms with Crippen LogP contribution in [0, 0.1) is 17.7 Å². The first-order valence-electron chi connectivity index (χ1n) is 9.96. The predicted molar refractivity (Wildman–Crippen MR) is 107 cm³/mol. The maximum absolute atomic E-state index is 13.7. The zero-order valence-corrected chi connectivity index (χ0v) is 16.5. The summed E-state index contributed by atoms with van der Waals surface area (Å²) in [5.41, 5.74) is 0.344. The Morgan fingerprint density at radius 3 is 2.60 bits per heavy atom. The lowest BCUT2D eigenvalue weighted by Gasteiger charge is -2.36. The lowest BCUT2D eigenvalue weighted by atomic mass is 9.75. The van der Waals surface area contributed by atoms with Gasteiger partial charge in [0.25, 0.3) is 0 Å². The minimum atomic E-state index is -1.26. The van der Waals surface area contributed by atoms with E-state index in [2.05, 4.69) is 5.32 Å². The third kappa shape index (κ3) is 1.99. The van der Waals surface area contributed by atoms with Crippen molar-refractivity contribution in [3.05, 3.63) is 58.9 Å². The molecule has 0 radical (unpaired) electrons. The molecule has 4 heterocycles. The van der Waals surface area contributed by atoms with E-state index in [1.165, 1.54) is 24.3 Å². The van der Waals surface area contributed by atoms with E-state index in [-0.39, 0.29) is 17.9 Å². The molecule has 30 heavy (non-hydrogen) atoms. The largest absolute Gasteiger partial charge is 0.324 e. The van der Waals surface area contributed by atoms with Gasteiger partial charge >= 0.3 is 0 Å². The number of hydrogen-bond acceptors (Lipinski definition) is 4. The summed E-state index contributed by atoms with van der Waals surface area (Å²) in [6.45, 7) is 0.633. The molecule has 2 aromatic rings. The molecule has 0 aliphatic carbocycles. The van der Waals surface area contributed by atoms with Gasteiger partial charge in [0.2, 0.25) is 17.7 Å². The van der Waals surface area contributed by atoms with Gasteiger partial charge < -0.3 is 5.32 Å². The highest BCUT2D eigenvalue weighted by atomic mass is 35.5. The lowest BCUT2D eigenvalue weighted by Crippen LogP contribution is -2.54. The minimum Gasteiger partial charge on any atom is -0.324 e. The molecular weight excluding hydrogens is 409 g/mol. The molecule has 1 N–H and O–H groups in total. The summed E-state index contributed by atoms with van der Waals surface area (Å²) in [4.78, 5) is 43.8. The molecule has 1 spiro atoms. The van der Waals surface area contributed by atoms with Gasteiger partial charge in [0.05, 0.1) is 17.5 Å². The molecule has 0 saturated carbocycles. The number of anilines is 2. The van der Waals surface area contributed by atoms with Gasteiger partial charge in [0.1, 0.15) is 11.4 Å². The van der Waals surface area contributed by atoms with E-state index < -0.39 is 29.1 Å². The summed E-state index contributed by atoms with van der Waals surface area (Å²) in [5.74, 6) is -2.96. The molecule has 0 unspecified atom stereocenters. The van der Waals surface area contributed by atoms with Gasteiger partial charge in [-0.1, -0.05) is 11.6 Å². The zero-order chi connectivity index (χ0) is 20.8. The third-order valence-corrected chi connectivity index (χ3v) is 7.27. The number of nitrogens with zero attached hydrogens (tertiary/aromatic N) is 2. The fraction of sp³-hybridized carbons (Fsp3) is 0.318. The molecule has 2 aromatic carbocycles. The number of halogens is 2. The second kappa shape index (κ2) is 5.89. The molecule has 152 valence electrons. The van der Waals surface area contributed by atoms with Crippen LogP contribution < -0.4 is 10.2 Å². The molecule has 6 nitrogen and oxygen atoms in total. The smallest absolute Gasteiger partial charge is 0.250 e. The third-order valence-electron chi connectivity index (χ3n) is 7.04. The molecule has 0 bridgehead atoms. The molecule has 8 heteroatoms. The van der Waals surface area contributed by atoms with Gasteiger partial charge in [-0.05, 0) is 61.9 Å². The number of carbonyl (C=O) groups excluding carboxylic acids is 3. The Hall–Kier alpha value is -2.77. The number of amides is 3. The van der Waals surface area contributed by atoms with Crippen molar-refractivity contribution in [2.45, 2.75) is 24.4 Å². The highest BCUT2D eigenvalue weighted by Gasteiger charge is 2.74. The predicted octanol–water partition coefficient (Wildman–Crippen LogP) is 2.91. The van der Waals surface area contributed by atoms with Gasteiger partial charge in [-0.15, -0.1) is 0 Å². The van der Waals surface area contributed by atoms with Crippen LogP contribution in [0.15, 0.2) is 42.5 Å². The van der Waals surface area contributed by atoms with E-state index in [0.717, 1.165) is 17.7 Å². The van der Waals surface area contributed by atoms with E-state index in [1.807, 2.05) is 4.90 Å². The topological polar surface area (TPSA) is 69.7 Å². The van der Waals surface area contributed by atoms with E-state index in [0.29, 0.717) is 28.5 Å². The number of fused-ring (bicyclic) bond motifs is 7. The van der Waals surface area contributed by atoms with Crippen LogP contribution in [0.2, 0.25) is 5.02 Å². The fourth-order valence-corrected chi connectivity index (χ4v) is 6.19. The maximum atomic E-state index is 13.7. The van der Waals surface area contributed by atoms with Crippen LogP contribution in [0.1, 0.15) is 18.4 Å². The van der Waals surface area contributed by atoms with Gasteiger partial charge in [-0.25, -0.2) is 9.29 Å². The first-order valence-corrected chi connectivity index (χ1v) is 10.3. The quantitative estimate of drug-likeness (QED) is 0.713. The molecule has 3 amide bonds. The highest BCUT2D eigenvalue weighted by molar-refractivity contribution is 6.31. The van der Waals surface area contributed by atoms with E-state index in [9.17, 15) is 18.8 Å². The Morgan fingerprint density at radius 2 is 1.83 bits per heavy atom. The summed E-state index contributed by atoms with van der Waals surface area (Å²) >= 11 is 6.27. The number of imide groups is 1. The van der Waals surface area contributed by atoms with Gasteiger partial charge in [-0.3, -0.25) is 19.3 Å². The van der Waals surface area contributed by atoms with Crippen molar-refractivity contribution in [2.24, 2.45) is 11.8 Å². The van der Waals surface area contributed by atoms with Crippen molar-refractivity contribution in [3.8, 4) is 0 Å². The van der Waals surface area contributed by atoms with Crippen LogP contribution in [0.5, 0.6) is 0 Å². The average Bonchev–Trinajstić information content (AvgIpc) is 3.42. The number of benzene rings is 2. The number of hydrogen-bond donors (Lipinski definition) is 1. The molecule has 4 atom stereocenters. The van der Waals surface area contributed by atoms with Gasteiger partial charge in [-0.2, -0.15) is 0 Å². The van der Waals surface area contributed by atoms with Gasteiger partial charge in [0, 0.05) is 22.3 Å². The molecular formula is C22H17ClFN3O3. The summed E-state index contributed by atoms with van der Waals surface area (Å²) in [6.07, 6.45) is 1.58.